The number of para-hydroxylation sites is 1. The Morgan fingerprint density at radius 3 is 1.33 bits per heavy atom. The molecule has 0 radical (unpaired) electrons. The maximum absolute atomic E-state index is 13.1. The first-order valence-electron chi connectivity index (χ1n) is 39.4. The van der Waals surface area contributed by atoms with Gasteiger partial charge in [0.15, 0.2) is 39.8 Å². The van der Waals surface area contributed by atoms with Gasteiger partial charge in [0.1, 0.15) is 35.1 Å². The monoisotopic (exact) mass is 1970 g/mol. The summed E-state index contributed by atoms with van der Waals surface area (Å²) in [4.78, 5) is 79.2. The Balaban J connectivity index is 0.000000199. The zero-order valence-corrected chi connectivity index (χ0v) is 75.7. The molecule has 0 bridgehead atoms. The second-order valence-electron chi connectivity index (χ2n) is 28.7. The van der Waals surface area contributed by atoms with E-state index in [-0.39, 0.29) is 83.6 Å². The molecule has 8 aromatic carbocycles. The molecule has 4 aromatic heterocycles. The van der Waals surface area contributed by atoms with Crippen molar-refractivity contribution in [3.63, 3.8) is 0 Å². The molecule has 30 nitrogen and oxygen atoms in total. The molecule has 4 saturated heterocycles. The van der Waals surface area contributed by atoms with E-state index in [1.165, 1.54) is 137 Å². The molecular weight excluding hydrogens is 1880 g/mol. The number of aryl methyl sites for hydroxylation is 2. The highest BCUT2D eigenvalue weighted by Gasteiger charge is 2.41. The number of anilines is 8. The lowest BCUT2D eigenvalue weighted by Crippen LogP contribution is -2.52. The van der Waals surface area contributed by atoms with Crippen LogP contribution in [-0.4, -0.2) is 157 Å². The van der Waals surface area contributed by atoms with Crippen LogP contribution in [0.25, 0.3) is 0 Å². The van der Waals surface area contributed by atoms with Gasteiger partial charge in [-0.15, -0.1) is 34.0 Å². The summed E-state index contributed by atoms with van der Waals surface area (Å²) in [6, 6.07) is 46.2. The van der Waals surface area contributed by atoms with Crippen molar-refractivity contribution in [2.75, 3.05) is 84.3 Å². The fourth-order valence-electron chi connectivity index (χ4n) is 13.6. The summed E-state index contributed by atoms with van der Waals surface area (Å²) in [7, 11) is -15.1. The largest absolute Gasteiger partial charge is 0.481 e. The van der Waals surface area contributed by atoms with E-state index in [1.54, 1.807) is 87.5 Å². The van der Waals surface area contributed by atoms with Crippen LogP contribution in [0.1, 0.15) is 61.1 Å². The highest BCUT2D eigenvalue weighted by atomic mass is 35.5. The Labute approximate surface area is 771 Å². The average molecular weight is 1970 g/mol. The first kappa shape index (κ1) is 95.4. The Morgan fingerprint density at radius 2 is 0.915 bits per heavy atom. The third-order valence-electron chi connectivity index (χ3n) is 20.1. The van der Waals surface area contributed by atoms with Gasteiger partial charge in [0.2, 0.25) is 0 Å². The van der Waals surface area contributed by atoms with E-state index in [0.29, 0.717) is 85.1 Å². The number of rotatable bonds is 26. The number of hydrogen-bond donors (Lipinski definition) is 4. The number of piperazine rings is 1. The quantitative estimate of drug-likeness (QED) is 0.0366. The van der Waals surface area contributed by atoms with E-state index in [2.05, 4.69) is 48.7 Å². The normalized spacial score (nSPS) is 16.3. The first-order chi connectivity index (χ1) is 61.9. The predicted molar refractivity (Wildman–Crippen MR) is 489 cm³/mol. The van der Waals surface area contributed by atoms with Crippen molar-refractivity contribution < 1.29 is 104 Å². The van der Waals surface area contributed by atoms with Gasteiger partial charge < -0.3 is 43.4 Å². The molecule has 690 valence electrons. The highest BCUT2D eigenvalue weighted by Crippen LogP contribution is 2.42. The number of nitrogens with zero attached hydrogens (tertiary/aromatic N) is 10. The van der Waals surface area contributed by atoms with Crippen LogP contribution in [-0.2, 0) is 78.0 Å². The number of alkyl halides is 6. The number of sulfonamides is 4. The van der Waals surface area contributed by atoms with Crippen LogP contribution in [0.3, 0.4) is 0 Å². The van der Waals surface area contributed by atoms with Crippen LogP contribution >= 0.6 is 57.2 Å². The van der Waals surface area contributed by atoms with Gasteiger partial charge in [-0.05, 0) is 195 Å². The summed E-state index contributed by atoms with van der Waals surface area (Å²) in [6.45, 7) is 9.11. The Kier molecular flexibility index (Phi) is 30.3. The molecule has 12 aromatic rings. The van der Waals surface area contributed by atoms with Crippen molar-refractivity contribution >= 4 is 165 Å². The van der Waals surface area contributed by atoms with Crippen molar-refractivity contribution in [2.24, 2.45) is 0 Å². The maximum atomic E-state index is 13.1. The van der Waals surface area contributed by atoms with Gasteiger partial charge in [-0.3, -0.25) is 38.1 Å². The molecule has 4 unspecified atom stereocenters. The van der Waals surface area contributed by atoms with Crippen LogP contribution in [0.2, 0.25) is 10.0 Å². The van der Waals surface area contributed by atoms with E-state index >= 15 is 0 Å². The summed E-state index contributed by atoms with van der Waals surface area (Å²) >= 11 is 15.3. The predicted octanol–water partition coefficient (Wildman–Crippen LogP) is 17.0. The van der Waals surface area contributed by atoms with Crippen LogP contribution < -0.4 is 57.4 Å². The molecule has 45 heteroatoms. The number of carbonyl (C=O) groups is 4. The highest BCUT2D eigenvalue weighted by molar-refractivity contribution is 7.93. The van der Waals surface area contributed by atoms with Gasteiger partial charge in [0.05, 0.1) is 35.7 Å². The minimum Gasteiger partial charge on any atom is -0.481 e. The fraction of sp³-hybridized carbons (Fsp3) is 0.235. The lowest BCUT2D eigenvalue weighted by atomic mass is 10.1. The third-order valence-corrected chi connectivity index (χ3v) is 28.7. The molecule has 0 saturated carbocycles. The van der Waals surface area contributed by atoms with Crippen molar-refractivity contribution in [1.82, 2.24) is 29.8 Å². The van der Waals surface area contributed by atoms with Crippen LogP contribution in [0.15, 0.2) is 255 Å². The van der Waals surface area contributed by atoms with E-state index in [9.17, 15) is 79.2 Å². The Hall–Kier alpha value is -12.2. The van der Waals surface area contributed by atoms with Gasteiger partial charge >= 0.3 is 12.4 Å². The molecular formula is C85H86Cl2F6N14O16S7. The summed E-state index contributed by atoms with van der Waals surface area (Å²) in [5.74, 6) is 0.465. The second kappa shape index (κ2) is 41.3. The molecule has 0 spiro atoms. The molecule has 4 amide bonds. The van der Waals surface area contributed by atoms with Crippen LogP contribution in [0, 0.1) is 6.92 Å². The summed E-state index contributed by atoms with van der Waals surface area (Å²) in [6.07, 6.45) is -2.97. The van der Waals surface area contributed by atoms with Gasteiger partial charge in [0.25, 0.3) is 63.7 Å². The van der Waals surface area contributed by atoms with Crippen molar-refractivity contribution in [1.29, 1.82) is 0 Å². The summed E-state index contributed by atoms with van der Waals surface area (Å²) in [5, 5.41) is 5.75. The molecule has 4 aliphatic heterocycles. The number of ether oxygens (including phenoxy) is 4. The second-order valence-corrected chi connectivity index (χ2v) is 39.0. The lowest BCUT2D eigenvalue weighted by Gasteiger charge is -2.37. The first-order valence-corrected chi connectivity index (χ1v) is 48.7. The van der Waals surface area contributed by atoms with Crippen molar-refractivity contribution in [3.05, 3.63) is 268 Å². The average Bonchev–Trinajstić information content (AvgIpc) is 1.63. The minimum absolute atomic E-state index is 0. The third kappa shape index (κ3) is 24.1. The molecule has 4 aliphatic rings. The van der Waals surface area contributed by atoms with Crippen LogP contribution in [0.5, 0.6) is 23.0 Å². The standard InChI is InChI=1S/C24H26ClN5O4S.C21H21N3O4S2.C20H15ClF3N3O4S2.C20H16F3N3O4S2.4H2/c1-17-15-19(25)3-8-22(17)34-18(2)24(31)30-13-11-29(12-14-30)20-4-6-21(7-5-20)35(32,33)28-23-9-10-26-16-27-23;1-2-15-5-3-4-6-18(15)28-19-11-13-24(20(19)25)16-7-9-17(10-8-16)30(26,27)23-21-22-12-14-29-21;21-17-14(20(22,23)24)2-1-3-15(17)31-16-8-10-27(18(16)28)12-4-6-13(7-5-12)33(29,30)26-19-25-9-11-32-19;21-20(22,23)13-1-5-15(6-2-13)30-17-9-11-26(18(17)27)14-3-7-16(8-4-14)32(28,29)25-19-24-10-12-31-19;;;;/h3-10,15-16,18H,11-14H2,1-2H3,(H,26,27,28);3-10,12,14,19H,2,11,13H2,1H3,(H,22,23);1-7,9,11,16H,8,10H2,(H,25,26);1-8,10,12,17H,9,11H2,(H,24,25);4*1H. The van der Waals surface area contributed by atoms with Gasteiger partial charge in [0, 0.05) is 139 Å². The number of benzene rings is 8. The number of amides is 4. The molecule has 0 aliphatic carbocycles. The summed E-state index contributed by atoms with van der Waals surface area (Å²) in [5.41, 5.74) is 2.53. The molecule has 4 atom stereocenters. The lowest BCUT2D eigenvalue weighted by molar-refractivity contribution is -0.138. The molecule has 4 fully saturated rings. The van der Waals surface area contributed by atoms with E-state index in [1.807, 2.05) is 38.1 Å². The molecule has 16 rings (SSSR count). The van der Waals surface area contributed by atoms with Gasteiger partial charge in [-0.1, -0.05) is 54.4 Å². The van der Waals surface area contributed by atoms with Gasteiger partial charge in [-0.25, -0.2) is 58.6 Å². The Bertz CT molecular complexity index is 6460. The number of aromatic nitrogens is 5. The minimum atomic E-state index is -4.65. The maximum Gasteiger partial charge on any atom is 0.417 e. The molecule has 130 heavy (non-hydrogen) atoms. The van der Waals surface area contributed by atoms with Crippen molar-refractivity contribution in [2.45, 2.75) is 103 Å². The van der Waals surface area contributed by atoms with E-state index < -0.39 is 98.9 Å². The molecule has 8 heterocycles. The topological polar surface area (TPSA) is 371 Å². The van der Waals surface area contributed by atoms with Gasteiger partial charge in [-0.2, -0.15) is 26.3 Å². The Morgan fingerprint density at radius 1 is 0.485 bits per heavy atom. The SMILES string of the molecule is CCc1ccccc1OC1CCN(c2ccc(S(=O)(=O)Nc3nccs3)cc2)C1=O.Cc1cc(Cl)ccc1OC(C)C(=O)N1CCN(c2ccc(S(=O)(=O)Nc3ccncn3)cc2)CC1.O=C1C(Oc2ccc(C(F)(F)F)cc2)CCN1c1ccc(S(=O)(=O)Nc2nccs2)cc1.O=C1C(Oc2cccc(C(F)(F)F)c2Cl)CCN1c1ccc(S(=O)(=O)Nc2nccs2)cc1.[HH].[HH].[HH].[HH]. The summed E-state index contributed by atoms with van der Waals surface area (Å²) < 4.78 is 210. The molecule has 4 N–H and O–H groups in total. The number of thiazole rings is 3. The fourth-order valence-corrected chi connectivity index (χ4v) is 20.4. The zero-order chi connectivity index (χ0) is 92.9. The van der Waals surface area contributed by atoms with Crippen molar-refractivity contribution in [3.8, 4) is 23.0 Å². The number of halogens is 8. The zero-order valence-electron chi connectivity index (χ0n) is 68.5. The van der Waals surface area contributed by atoms with E-state index in [0.717, 1.165) is 75.9 Å². The number of hydrogen-bond acceptors (Lipinski definition) is 25. The number of nitrogens with one attached hydrogen (secondary N) is 4. The smallest absolute Gasteiger partial charge is 0.417 e. The van der Waals surface area contributed by atoms with Crippen LogP contribution in [0.4, 0.5) is 70.3 Å². The number of carbonyl (C=O) groups excluding carboxylic acids is 4. The van der Waals surface area contributed by atoms with E-state index in [4.69, 9.17) is 42.1 Å².